The zero-order chi connectivity index (χ0) is 16.9. The van der Waals surface area contributed by atoms with Crippen LogP contribution >= 0.6 is 0 Å². The Morgan fingerprint density at radius 1 is 0.708 bits per heavy atom. The SMILES string of the molecule is COc1ccc(C(c2ccc(OC)cc2)c2ccc(=O)[nH]c2)cc1. The van der Waals surface area contributed by atoms with Crippen LogP contribution in [0.5, 0.6) is 11.5 Å². The van der Waals surface area contributed by atoms with E-state index in [1.807, 2.05) is 54.6 Å². The number of aromatic nitrogens is 1. The lowest BCUT2D eigenvalue weighted by atomic mass is 9.86. The van der Waals surface area contributed by atoms with E-state index in [4.69, 9.17) is 9.47 Å². The van der Waals surface area contributed by atoms with Crippen LogP contribution in [0.3, 0.4) is 0 Å². The summed E-state index contributed by atoms with van der Waals surface area (Å²) in [5.41, 5.74) is 3.15. The van der Waals surface area contributed by atoms with Crippen LogP contribution in [0.2, 0.25) is 0 Å². The Hall–Kier alpha value is -3.01. The standard InChI is InChI=1S/C20H19NO3/c1-23-17-8-3-14(4-9-17)20(16-7-12-19(22)21-13-16)15-5-10-18(24-2)11-6-15/h3-13,20H,1-2H3,(H,21,22). The number of hydrogen-bond acceptors (Lipinski definition) is 3. The summed E-state index contributed by atoms with van der Waals surface area (Å²) < 4.78 is 10.5. The van der Waals surface area contributed by atoms with Gasteiger partial charge in [-0.05, 0) is 41.0 Å². The van der Waals surface area contributed by atoms with E-state index in [2.05, 4.69) is 4.98 Å². The second-order valence-corrected chi connectivity index (χ2v) is 5.47. The third-order valence-corrected chi connectivity index (χ3v) is 4.04. The van der Waals surface area contributed by atoms with Gasteiger partial charge in [0.25, 0.3) is 0 Å². The lowest BCUT2D eigenvalue weighted by Crippen LogP contribution is -2.08. The molecule has 0 bridgehead atoms. The van der Waals surface area contributed by atoms with Gasteiger partial charge < -0.3 is 14.5 Å². The molecule has 1 N–H and O–H groups in total. The Balaban J connectivity index is 2.07. The average molecular weight is 321 g/mol. The maximum absolute atomic E-state index is 11.4. The van der Waals surface area contributed by atoms with Gasteiger partial charge in [0.2, 0.25) is 5.56 Å². The van der Waals surface area contributed by atoms with E-state index < -0.39 is 0 Å². The first-order valence-corrected chi connectivity index (χ1v) is 7.68. The van der Waals surface area contributed by atoms with Gasteiger partial charge in [-0.25, -0.2) is 0 Å². The van der Waals surface area contributed by atoms with Gasteiger partial charge in [-0.15, -0.1) is 0 Å². The van der Waals surface area contributed by atoms with Crippen molar-refractivity contribution in [1.29, 1.82) is 0 Å². The topological polar surface area (TPSA) is 51.3 Å². The summed E-state index contributed by atoms with van der Waals surface area (Å²) >= 11 is 0. The highest BCUT2D eigenvalue weighted by Gasteiger charge is 2.17. The minimum absolute atomic E-state index is 0.0127. The molecule has 0 saturated carbocycles. The van der Waals surface area contributed by atoms with Gasteiger partial charge in [0, 0.05) is 18.2 Å². The molecule has 0 fully saturated rings. The molecule has 0 unspecified atom stereocenters. The van der Waals surface area contributed by atoms with Gasteiger partial charge in [-0.2, -0.15) is 0 Å². The summed E-state index contributed by atoms with van der Waals surface area (Å²) in [6, 6.07) is 19.3. The number of nitrogens with one attached hydrogen (secondary N) is 1. The van der Waals surface area contributed by atoms with E-state index in [-0.39, 0.29) is 11.5 Å². The second kappa shape index (κ2) is 7.04. The van der Waals surface area contributed by atoms with Gasteiger partial charge >= 0.3 is 0 Å². The summed E-state index contributed by atoms with van der Waals surface area (Å²) in [7, 11) is 3.30. The van der Waals surface area contributed by atoms with Crippen molar-refractivity contribution in [2.75, 3.05) is 14.2 Å². The fourth-order valence-corrected chi connectivity index (χ4v) is 2.77. The van der Waals surface area contributed by atoms with E-state index in [0.717, 1.165) is 28.2 Å². The predicted molar refractivity (Wildman–Crippen MR) is 94.0 cm³/mol. The molecule has 0 spiro atoms. The van der Waals surface area contributed by atoms with Crippen molar-refractivity contribution in [3.63, 3.8) is 0 Å². The molecule has 4 heteroatoms. The van der Waals surface area contributed by atoms with Crippen LogP contribution in [0.15, 0.2) is 71.7 Å². The number of hydrogen-bond donors (Lipinski definition) is 1. The molecule has 1 aromatic heterocycles. The lowest BCUT2D eigenvalue weighted by molar-refractivity contribution is 0.414. The molecule has 3 rings (SSSR count). The molecule has 4 nitrogen and oxygen atoms in total. The van der Waals surface area contributed by atoms with Gasteiger partial charge in [0.05, 0.1) is 14.2 Å². The molecule has 0 aliphatic carbocycles. The number of H-pyrrole nitrogens is 1. The smallest absolute Gasteiger partial charge is 0.247 e. The third kappa shape index (κ3) is 3.33. The Kier molecular flexibility index (Phi) is 4.66. The largest absolute Gasteiger partial charge is 0.497 e. The number of rotatable bonds is 5. The summed E-state index contributed by atoms with van der Waals surface area (Å²) in [6.45, 7) is 0. The van der Waals surface area contributed by atoms with Crippen LogP contribution in [0, 0.1) is 0 Å². The first-order valence-electron chi connectivity index (χ1n) is 7.68. The third-order valence-electron chi connectivity index (χ3n) is 4.04. The molecule has 0 aliphatic rings. The van der Waals surface area contributed by atoms with E-state index in [1.165, 1.54) is 0 Å². The highest BCUT2D eigenvalue weighted by molar-refractivity contribution is 5.45. The Morgan fingerprint density at radius 2 is 1.17 bits per heavy atom. The number of benzene rings is 2. The van der Waals surface area contributed by atoms with Crippen molar-refractivity contribution in [2.45, 2.75) is 5.92 Å². The first kappa shape index (κ1) is 15.9. The number of methoxy groups -OCH3 is 2. The number of aromatic amines is 1. The normalized spacial score (nSPS) is 10.6. The molecule has 0 atom stereocenters. The fraction of sp³-hybridized carbons (Fsp3) is 0.150. The van der Waals surface area contributed by atoms with Crippen molar-refractivity contribution in [1.82, 2.24) is 4.98 Å². The fourth-order valence-electron chi connectivity index (χ4n) is 2.77. The highest BCUT2D eigenvalue weighted by atomic mass is 16.5. The molecule has 0 saturated heterocycles. The maximum atomic E-state index is 11.4. The predicted octanol–water partition coefficient (Wildman–Crippen LogP) is 3.57. The van der Waals surface area contributed by atoms with E-state index in [1.54, 1.807) is 26.5 Å². The van der Waals surface area contributed by atoms with Crippen molar-refractivity contribution < 1.29 is 9.47 Å². The Morgan fingerprint density at radius 3 is 1.54 bits per heavy atom. The van der Waals surface area contributed by atoms with Gasteiger partial charge in [-0.1, -0.05) is 30.3 Å². The molecule has 0 radical (unpaired) electrons. The van der Waals surface area contributed by atoms with Crippen LogP contribution in [0.1, 0.15) is 22.6 Å². The molecule has 2 aromatic carbocycles. The Labute approximate surface area is 140 Å². The quantitative estimate of drug-likeness (QED) is 0.781. The number of ether oxygens (including phenoxy) is 2. The molecular weight excluding hydrogens is 302 g/mol. The van der Waals surface area contributed by atoms with Crippen LogP contribution < -0.4 is 15.0 Å². The van der Waals surface area contributed by atoms with Crippen molar-refractivity contribution in [2.24, 2.45) is 0 Å². The van der Waals surface area contributed by atoms with E-state index in [9.17, 15) is 4.79 Å². The average Bonchev–Trinajstić information content (AvgIpc) is 2.64. The van der Waals surface area contributed by atoms with Crippen molar-refractivity contribution >= 4 is 0 Å². The zero-order valence-corrected chi connectivity index (χ0v) is 13.7. The highest BCUT2D eigenvalue weighted by Crippen LogP contribution is 2.33. The Bertz CT molecular complexity index is 783. The first-order chi connectivity index (χ1) is 11.7. The summed E-state index contributed by atoms with van der Waals surface area (Å²) in [5, 5.41) is 0. The van der Waals surface area contributed by atoms with Gasteiger partial charge in [0.1, 0.15) is 11.5 Å². The van der Waals surface area contributed by atoms with Gasteiger partial charge in [0.15, 0.2) is 0 Å². The molecular formula is C20H19NO3. The van der Waals surface area contributed by atoms with Crippen LogP contribution in [0.25, 0.3) is 0 Å². The molecule has 24 heavy (non-hydrogen) atoms. The maximum Gasteiger partial charge on any atom is 0.247 e. The van der Waals surface area contributed by atoms with Crippen molar-refractivity contribution in [3.05, 3.63) is 93.9 Å². The van der Waals surface area contributed by atoms with Gasteiger partial charge in [-0.3, -0.25) is 4.79 Å². The van der Waals surface area contributed by atoms with Crippen molar-refractivity contribution in [3.8, 4) is 11.5 Å². The second-order valence-electron chi connectivity index (χ2n) is 5.47. The molecule has 0 amide bonds. The minimum atomic E-state index is -0.109. The van der Waals surface area contributed by atoms with Crippen LogP contribution in [0.4, 0.5) is 0 Å². The number of pyridine rings is 1. The summed E-state index contributed by atoms with van der Waals surface area (Å²) in [4.78, 5) is 14.2. The summed E-state index contributed by atoms with van der Waals surface area (Å²) in [6.07, 6.45) is 1.77. The molecule has 0 aliphatic heterocycles. The molecule has 1 heterocycles. The molecule has 122 valence electrons. The van der Waals surface area contributed by atoms with E-state index in [0.29, 0.717) is 0 Å². The lowest BCUT2D eigenvalue weighted by Gasteiger charge is -2.19. The minimum Gasteiger partial charge on any atom is -0.497 e. The summed E-state index contributed by atoms with van der Waals surface area (Å²) in [5.74, 6) is 1.64. The monoisotopic (exact) mass is 321 g/mol. The van der Waals surface area contributed by atoms with E-state index >= 15 is 0 Å². The zero-order valence-electron chi connectivity index (χ0n) is 13.7. The van der Waals surface area contributed by atoms with Crippen LogP contribution in [-0.4, -0.2) is 19.2 Å². The molecule has 3 aromatic rings. The van der Waals surface area contributed by atoms with Crippen LogP contribution in [-0.2, 0) is 0 Å².